The number of hydrogen-bond acceptors (Lipinski definition) is 1. The highest BCUT2D eigenvalue weighted by Gasteiger charge is 2.40. The highest BCUT2D eigenvalue weighted by molar-refractivity contribution is 5.94. The van der Waals surface area contributed by atoms with Crippen molar-refractivity contribution in [3.05, 3.63) is 35.6 Å². The highest BCUT2D eigenvalue weighted by Crippen LogP contribution is 2.31. The van der Waals surface area contributed by atoms with Crippen molar-refractivity contribution in [2.75, 3.05) is 6.54 Å². The van der Waals surface area contributed by atoms with Crippen molar-refractivity contribution in [3.63, 3.8) is 0 Å². The zero-order valence-electron chi connectivity index (χ0n) is 9.38. The molecule has 1 aliphatic carbocycles. The van der Waals surface area contributed by atoms with Crippen molar-refractivity contribution in [1.29, 1.82) is 0 Å². The van der Waals surface area contributed by atoms with Crippen LogP contribution >= 0.6 is 0 Å². The van der Waals surface area contributed by atoms with Gasteiger partial charge in [-0.15, -0.1) is 0 Å². The predicted molar refractivity (Wildman–Crippen MR) is 56.5 cm³/mol. The first-order valence-electron chi connectivity index (χ1n) is 5.50. The smallest absolute Gasteiger partial charge is 0.327 e. The molecule has 1 fully saturated rings. The molecule has 6 heteroatoms. The third-order valence-electron chi connectivity index (χ3n) is 2.69. The van der Waals surface area contributed by atoms with Crippen LogP contribution in [-0.4, -0.2) is 29.6 Å². The number of carbonyl (C=O) groups excluding carboxylic acids is 1. The molecule has 0 radical (unpaired) electrons. The standard InChI is InChI=1S/C12H11F4NO/c13-9-3-1-8(2-4-9)11(18)17(10-5-6-10)7-12(14,15)16/h1-4,10H,5-7H2. The molecular weight excluding hydrogens is 250 g/mol. The van der Waals surface area contributed by atoms with Gasteiger partial charge in [-0.05, 0) is 37.1 Å². The van der Waals surface area contributed by atoms with Gasteiger partial charge < -0.3 is 4.90 Å². The van der Waals surface area contributed by atoms with Gasteiger partial charge in [-0.3, -0.25) is 4.79 Å². The topological polar surface area (TPSA) is 20.3 Å². The lowest BCUT2D eigenvalue weighted by molar-refractivity contribution is -0.141. The molecule has 0 unspecified atom stereocenters. The largest absolute Gasteiger partial charge is 0.406 e. The predicted octanol–water partition coefficient (Wildman–Crippen LogP) is 2.99. The number of amides is 1. The molecule has 0 spiro atoms. The summed E-state index contributed by atoms with van der Waals surface area (Å²) in [4.78, 5) is 12.7. The fraction of sp³-hybridized carbons (Fsp3) is 0.417. The van der Waals surface area contributed by atoms with Gasteiger partial charge in [0.15, 0.2) is 0 Å². The Morgan fingerprint density at radius 1 is 1.22 bits per heavy atom. The van der Waals surface area contributed by atoms with E-state index in [0.717, 1.165) is 17.0 Å². The molecule has 1 aromatic rings. The molecule has 0 bridgehead atoms. The summed E-state index contributed by atoms with van der Waals surface area (Å²) in [7, 11) is 0. The molecule has 2 rings (SSSR count). The van der Waals surface area contributed by atoms with E-state index in [1.54, 1.807) is 0 Å². The average molecular weight is 261 g/mol. The molecule has 1 amide bonds. The number of hydrogen-bond donors (Lipinski definition) is 0. The number of alkyl halides is 3. The summed E-state index contributed by atoms with van der Waals surface area (Å²) in [6.45, 7) is -1.26. The van der Waals surface area contributed by atoms with E-state index < -0.39 is 24.4 Å². The minimum absolute atomic E-state index is 0.0764. The second kappa shape index (κ2) is 4.59. The molecule has 0 saturated heterocycles. The maximum absolute atomic E-state index is 12.7. The van der Waals surface area contributed by atoms with Crippen molar-refractivity contribution in [1.82, 2.24) is 4.90 Å². The molecule has 0 atom stereocenters. The molecule has 0 N–H and O–H groups in total. The molecule has 1 aromatic carbocycles. The first-order chi connectivity index (χ1) is 8.37. The van der Waals surface area contributed by atoms with Gasteiger partial charge in [0.2, 0.25) is 0 Å². The summed E-state index contributed by atoms with van der Waals surface area (Å²) in [5, 5.41) is 0. The number of rotatable bonds is 3. The van der Waals surface area contributed by atoms with Crippen LogP contribution in [0.2, 0.25) is 0 Å². The van der Waals surface area contributed by atoms with Crippen molar-refractivity contribution >= 4 is 5.91 Å². The summed E-state index contributed by atoms with van der Waals surface area (Å²) in [5.74, 6) is -1.23. The minimum Gasteiger partial charge on any atom is -0.327 e. The summed E-state index contributed by atoms with van der Waals surface area (Å²) in [6, 6.07) is 4.18. The Morgan fingerprint density at radius 3 is 2.22 bits per heavy atom. The zero-order chi connectivity index (χ0) is 13.3. The Balaban J connectivity index is 2.15. The Bertz CT molecular complexity index is 436. The van der Waals surface area contributed by atoms with E-state index in [4.69, 9.17) is 0 Å². The van der Waals surface area contributed by atoms with Crippen LogP contribution in [0.15, 0.2) is 24.3 Å². The summed E-state index contributed by atoms with van der Waals surface area (Å²) in [6.07, 6.45) is -3.25. The van der Waals surface area contributed by atoms with Crippen LogP contribution in [0, 0.1) is 5.82 Å². The minimum atomic E-state index is -4.42. The van der Waals surface area contributed by atoms with Crippen LogP contribution in [0.25, 0.3) is 0 Å². The van der Waals surface area contributed by atoms with Crippen LogP contribution in [-0.2, 0) is 0 Å². The van der Waals surface area contributed by atoms with Crippen molar-refractivity contribution in [2.45, 2.75) is 25.1 Å². The molecule has 0 heterocycles. The SMILES string of the molecule is O=C(c1ccc(F)cc1)N(CC(F)(F)F)C1CC1. The molecule has 18 heavy (non-hydrogen) atoms. The van der Waals surface area contributed by atoms with Gasteiger partial charge in [0, 0.05) is 11.6 Å². The zero-order valence-corrected chi connectivity index (χ0v) is 9.38. The van der Waals surface area contributed by atoms with E-state index in [0.29, 0.717) is 12.8 Å². The lowest BCUT2D eigenvalue weighted by Crippen LogP contribution is -2.40. The third-order valence-corrected chi connectivity index (χ3v) is 2.69. The van der Waals surface area contributed by atoms with E-state index in [1.165, 1.54) is 12.1 Å². The molecule has 0 aromatic heterocycles. The Labute approximate surface area is 101 Å². The summed E-state index contributed by atoms with van der Waals surface area (Å²) < 4.78 is 49.8. The van der Waals surface area contributed by atoms with E-state index in [9.17, 15) is 22.4 Å². The van der Waals surface area contributed by atoms with Crippen molar-refractivity contribution < 1.29 is 22.4 Å². The van der Waals surface area contributed by atoms with Gasteiger partial charge in [-0.2, -0.15) is 13.2 Å². The van der Waals surface area contributed by atoms with Crippen molar-refractivity contribution in [2.24, 2.45) is 0 Å². The van der Waals surface area contributed by atoms with Crippen molar-refractivity contribution in [3.8, 4) is 0 Å². The number of nitrogens with zero attached hydrogens (tertiary/aromatic N) is 1. The average Bonchev–Trinajstić information content (AvgIpc) is 3.08. The second-order valence-electron chi connectivity index (χ2n) is 4.29. The van der Waals surface area contributed by atoms with Gasteiger partial charge in [-0.25, -0.2) is 4.39 Å². The summed E-state index contributed by atoms with van der Waals surface area (Å²) >= 11 is 0. The molecule has 98 valence electrons. The normalized spacial score (nSPS) is 15.6. The summed E-state index contributed by atoms with van der Waals surface area (Å²) in [5.41, 5.74) is 0.0764. The van der Waals surface area contributed by atoms with Crippen LogP contribution in [0.1, 0.15) is 23.2 Å². The molecule has 1 aliphatic rings. The Kier molecular flexibility index (Phi) is 3.28. The maximum Gasteiger partial charge on any atom is 0.406 e. The lowest BCUT2D eigenvalue weighted by atomic mass is 10.2. The number of halogens is 4. The second-order valence-corrected chi connectivity index (χ2v) is 4.29. The van der Waals surface area contributed by atoms with E-state index in [-0.39, 0.29) is 11.6 Å². The Hall–Kier alpha value is -1.59. The fourth-order valence-corrected chi connectivity index (χ4v) is 1.70. The molecular formula is C12H11F4NO. The number of carbonyl (C=O) groups is 1. The van der Waals surface area contributed by atoms with E-state index in [2.05, 4.69) is 0 Å². The Morgan fingerprint density at radius 2 is 1.78 bits per heavy atom. The van der Waals surface area contributed by atoms with Gasteiger partial charge >= 0.3 is 6.18 Å². The van der Waals surface area contributed by atoms with Gasteiger partial charge in [0.1, 0.15) is 12.4 Å². The lowest BCUT2D eigenvalue weighted by Gasteiger charge is -2.23. The first-order valence-corrected chi connectivity index (χ1v) is 5.50. The van der Waals surface area contributed by atoms with Crippen LogP contribution < -0.4 is 0 Å². The third kappa shape index (κ3) is 3.21. The first kappa shape index (κ1) is 12.9. The van der Waals surface area contributed by atoms with Gasteiger partial charge in [0.25, 0.3) is 5.91 Å². The quantitative estimate of drug-likeness (QED) is 0.766. The van der Waals surface area contributed by atoms with Crippen LogP contribution in [0.5, 0.6) is 0 Å². The van der Waals surface area contributed by atoms with Gasteiger partial charge in [-0.1, -0.05) is 0 Å². The van der Waals surface area contributed by atoms with Crippen LogP contribution in [0.3, 0.4) is 0 Å². The number of benzene rings is 1. The molecule has 1 saturated carbocycles. The molecule has 0 aliphatic heterocycles. The maximum atomic E-state index is 12.7. The fourth-order valence-electron chi connectivity index (χ4n) is 1.70. The van der Waals surface area contributed by atoms with Crippen LogP contribution in [0.4, 0.5) is 17.6 Å². The highest BCUT2D eigenvalue weighted by atomic mass is 19.4. The molecule has 2 nitrogen and oxygen atoms in total. The monoisotopic (exact) mass is 261 g/mol. The van der Waals surface area contributed by atoms with E-state index >= 15 is 0 Å². The van der Waals surface area contributed by atoms with E-state index in [1.807, 2.05) is 0 Å². The van der Waals surface area contributed by atoms with Gasteiger partial charge in [0.05, 0.1) is 0 Å².